The standard InChI is InChI=1S/C12H9N5O4/c18-10(11(19)16-12-13-6-3-7-14-12)15-8-4-1-2-5-9(8)17(20)21/h1-7H,(H,15,18)(H,13,14,16,19). The number of anilines is 2. The second-order valence-corrected chi connectivity index (χ2v) is 3.75. The van der Waals surface area contributed by atoms with Gasteiger partial charge in [0.15, 0.2) is 0 Å². The van der Waals surface area contributed by atoms with Crippen LogP contribution in [0.4, 0.5) is 17.3 Å². The van der Waals surface area contributed by atoms with Crippen LogP contribution in [0.15, 0.2) is 42.7 Å². The monoisotopic (exact) mass is 287 g/mol. The molecule has 0 spiro atoms. The van der Waals surface area contributed by atoms with Gasteiger partial charge in [-0.15, -0.1) is 0 Å². The molecule has 1 aromatic heterocycles. The molecule has 0 radical (unpaired) electrons. The summed E-state index contributed by atoms with van der Waals surface area (Å²) in [6.45, 7) is 0. The lowest BCUT2D eigenvalue weighted by Crippen LogP contribution is -2.30. The number of hydrogen-bond acceptors (Lipinski definition) is 6. The fraction of sp³-hybridized carbons (Fsp3) is 0. The summed E-state index contributed by atoms with van der Waals surface area (Å²) in [7, 11) is 0. The Morgan fingerprint density at radius 2 is 1.62 bits per heavy atom. The van der Waals surface area contributed by atoms with Crippen LogP contribution in [0.3, 0.4) is 0 Å². The van der Waals surface area contributed by atoms with Gasteiger partial charge < -0.3 is 5.32 Å². The maximum atomic E-state index is 11.7. The van der Waals surface area contributed by atoms with Gasteiger partial charge in [-0.05, 0) is 12.1 Å². The van der Waals surface area contributed by atoms with E-state index in [0.29, 0.717) is 0 Å². The van der Waals surface area contributed by atoms with E-state index in [9.17, 15) is 19.7 Å². The van der Waals surface area contributed by atoms with Crippen molar-refractivity contribution in [3.63, 3.8) is 0 Å². The van der Waals surface area contributed by atoms with Gasteiger partial charge in [0.1, 0.15) is 5.69 Å². The van der Waals surface area contributed by atoms with E-state index < -0.39 is 16.7 Å². The smallest absolute Gasteiger partial charge is 0.312 e. The zero-order valence-corrected chi connectivity index (χ0v) is 10.5. The molecule has 0 atom stereocenters. The van der Waals surface area contributed by atoms with Crippen LogP contribution in [0, 0.1) is 10.1 Å². The molecule has 0 aliphatic heterocycles. The molecule has 0 aliphatic carbocycles. The van der Waals surface area contributed by atoms with Crippen molar-refractivity contribution in [1.29, 1.82) is 0 Å². The molecule has 2 amide bonds. The van der Waals surface area contributed by atoms with Crippen molar-refractivity contribution in [2.75, 3.05) is 10.6 Å². The molecule has 2 rings (SSSR count). The molecule has 0 saturated carbocycles. The van der Waals surface area contributed by atoms with E-state index in [0.717, 1.165) is 0 Å². The number of amides is 2. The summed E-state index contributed by atoms with van der Waals surface area (Å²) in [5.74, 6) is -2.13. The summed E-state index contributed by atoms with van der Waals surface area (Å²) in [5, 5.41) is 15.1. The third-order valence-electron chi connectivity index (χ3n) is 2.35. The fourth-order valence-corrected chi connectivity index (χ4v) is 1.44. The Morgan fingerprint density at radius 1 is 1.00 bits per heavy atom. The van der Waals surface area contributed by atoms with Gasteiger partial charge in [0, 0.05) is 18.5 Å². The zero-order valence-electron chi connectivity index (χ0n) is 10.5. The predicted octanol–water partition coefficient (Wildman–Crippen LogP) is 0.962. The Bertz CT molecular complexity index is 689. The molecule has 1 heterocycles. The van der Waals surface area contributed by atoms with Crippen LogP contribution >= 0.6 is 0 Å². The van der Waals surface area contributed by atoms with Crippen LogP contribution in [0.5, 0.6) is 0 Å². The van der Waals surface area contributed by atoms with E-state index in [1.165, 1.54) is 36.7 Å². The van der Waals surface area contributed by atoms with Gasteiger partial charge in [0.2, 0.25) is 5.95 Å². The molecule has 0 unspecified atom stereocenters. The normalized spacial score (nSPS) is 9.71. The van der Waals surface area contributed by atoms with Crippen molar-refractivity contribution in [2.24, 2.45) is 0 Å². The molecule has 0 aliphatic rings. The Morgan fingerprint density at radius 3 is 2.29 bits per heavy atom. The van der Waals surface area contributed by atoms with Gasteiger partial charge in [0.05, 0.1) is 4.92 Å². The highest BCUT2D eigenvalue weighted by Gasteiger charge is 2.19. The van der Waals surface area contributed by atoms with Crippen LogP contribution in [-0.2, 0) is 9.59 Å². The minimum atomic E-state index is -1.06. The number of nitrogens with zero attached hydrogens (tertiary/aromatic N) is 3. The summed E-state index contributed by atoms with van der Waals surface area (Å²) < 4.78 is 0. The highest BCUT2D eigenvalue weighted by Crippen LogP contribution is 2.22. The number of carbonyl (C=O) groups excluding carboxylic acids is 2. The van der Waals surface area contributed by atoms with Crippen LogP contribution in [0.25, 0.3) is 0 Å². The molecule has 0 fully saturated rings. The molecule has 2 aromatic rings. The first-order valence-electron chi connectivity index (χ1n) is 5.70. The fourth-order valence-electron chi connectivity index (χ4n) is 1.44. The Balaban J connectivity index is 2.08. The van der Waals surface area contributed by atoms with E-state index in [4.69, 9.17) is 0 Å². The second kappa shape index (κ2) is 6.19. The molecule has 1 aromatic carbocycles. The van der Waals surface area contributed by atoms with Gasteiger partial charge in [-0.1, -0.05) is 12.1 Å². The van der Waals surface area contributed by atoms with Gasteiger partial charge >= 0.3 is 11.8 Å². The van der Waals surface area contributed by atoms with Crippen molar-refractivity contribution in [1.82, 2.24) is 9.97 Å². The van der Waals surface area contributed by atoms with E-state index in [-0.39, 0.29) is 17.3 Å². The molecule has 106 valence electrons. The van der Waals surface area contributed by atoms with Gasteiger partial charge in [-0.25, -0.2) is 9.97 Å². The quantitative estimate of drug-likeness (QED) is 0.491. The SMILES string of the molecule is O=C(Nc1ncccn1)C(=O)Nc1ccccc1[N+](=O)[O-]. The summed E-state index contributed by atoms with van der Waals surface area (Å²) in [5.41, 5.74) is -0.383. The number of para-hydroxylation sites is 2. The first-order chi connectivity index (χ1) is 10.1. The molecule has 2 N–H and O–H groups in total. The minimum Gasteiger partial charge on any atom is -0.312 e. The third kappa shape index (κ3) is 3.56. The molecule has 0 bridgehead atoms. The molecular formula is C12H9N5O4. The van der Waals surface area contributed by atoms with Crippen molar-refractivity contribution in [3.05, 3.63) is 52.8 Å². The van der Waals surface area contributed by atoms with Gasteiger partial charge in [-0.2, -0.15) is 0 Å². The van der Waals surface area contributed by atoms with E-state index in [1.54, 1.807) is 6.07 Å². The molecular weight excluding hydrogens is 278 g/mol. The maximum absolute atomic E-state index is 11.7. The number of nitro benzene ring substituents is 1. The third-order valence-corrected chi connectivity index (χ3v) is 2.35. The Hall–Kier alpha value is -3.36. The Labute approximate surface area is 118 Å². The van der Waals surface area contributed by atoms with Gasteiger partial charge in [-0.3, -0.25) is 25.0 Å². The molecule has 9 nitrogen and oxygen atoms in total. The van der Waals surface area contributed by atoms with Crippen molar-refractivity contribution in [3.8, 4) is 0 Å². The van der Waals surface area contributed by atoms with E-state index >= 15 is 0 Å². The van der Waals surface area contributed by atoms with Crippen LogP contribution in [0.2, 0.25) is 0 Å². The van der Waals surface area contributed by atoms with Crippen LogP contribution < -0.4 is 10.6 Å². The number of aromatic nitrogens is 2. The number of benzene rings is 1. The average Bonchev–Trinajstić information content (AvgIpc) is 2.48. The summed E-state index contributed by atoms with van der Waals surface area (Å²) >= 11 is 0. The number of nitrogens with one attached hydrogen (secondary N) is 2. The first kappa shape index (κ1) is 14.1. The molecule has 21 heavy (non-hydrogen) atoms. The predicted molar refractivity (Wildman–Crippen MR) is 72.4 cm³/mol. The average molecular weight is 287 g/mol. The Kier molecular flexibility index (Phi) is 4.14. The molecule has 0 saturated heterocycles. The minimum absolute atomic E-state index is 0.0415. The van der Waals surface area contributed by atoms with Crippen LogP contribution in [0.1, 0.15) is 0 Å². The zero-order chi connectivity index (χ0) is 15.2. The van der Waals surface area contributed by atoms with Gasteiger partial charge in [0.25, 0.3) is 5.69 Å². The number of carbonyl (C=O) groups is 2. The van der Waals surface area contributed by atoms with Crippen LogP contribution in [-0.4, -0.2) is 26.7 Å². The number of nitro groups is 1. The highest BCUT2D eigenvalue weighted by molar-refractivity contribution is 6.43. The van der Waals surface area contributed by atoms with E-state index in [2.05, 4.69) is 20.6 Å². The highest BCUT2D eigenvalue weighted by atomic mass is 16.6. The molecule has 9 heteroatoms. The lowest BCUT2D eigenvalue weighted by molar-refractivity contribution is -0.383. The van der Waals surface area contributed by atoms with E-state index in [1.807, 2.05) is 0 Å². The van der Waals surface area contributed by atoms with Crippen molar-refractivity contribution < 1.29 is 14.5 Å². The number of hydrogen-bond donors (Lipinski definition) is 2. The number of rotatable bonds is 3. The maximum Gasteiger partial charge on any atom is 0.316 e. The largest absolute Gasteiger partial charge is 0.316 e. The summed E-state index contributed by atoms with van der Waals surface area (Å²) in [4.78, 5) is 40.9. The van der Waals surface area contributed by atoms with Crippen molar-refractivity contribution in [2.45, 2.75) is 0 Å². The summed E-state index contributed by atoms with van der Waals surface area (Å²) in [6.07, 6.45) is 2.78. The topological polar surface area (TPSA) is 127 Å². The summed E-state index contributed by atoms with van der Waals surface area (Å²) in [6, 6.07) is 7.03. The first-order valence-corrected chi connectivity index (χ1v) is 5.70. The lowest BCUT2D eigenvalue weighted by atomic mass is 10.2. The lowest BCUT2D eigenvalue weighted by Gasteiger charge is -2.05. The second-order valence-electron chi connectivity index (χ2n) is 3.75. The van der Waals surface area contributed by atoms with Crippen molar-refractivity contribution >= 4 is 29.1 Å².